The van der Waals surface area contributed by atoms with E-state index in [1.54, 1.807) is 6.07 Å². The zero-order chi connectivity index (χ0) is 24.1. The van der Waals surface area contributed by atoms with Crippen molar-refractivity contribution < 1.29 is 13.2 Å². The van der Waals surface area contributed by atoms with Gasteiger partial charge in [0.2, 0.25) is 0 Å². The molecule has 7 heteroatoms. The lowest BCUT2D eigenvalue weighted by Gasteiger charge is -2.41. The molecule has 1 fully saturated rings. The standard InChI is InChI=1S/C27H34F3N3S/c1-2-3-4-5-9-12-23-21-15-16-33(26(34)31-18-19-10-7-6-8-11-19)25(21)22-17-20(27(28,29)30)13-14-24(22)32-23/h6-8,10-11,13-14,17,21,23,25,32H,2-5,9,12,15-16,18H2,1H3,(H,31,34)/t21-,23+,25-/m0/s1. The summed E-state index contributed by atoms with van der Waals surface area (Å²) in [5.74, 6) is 0.235. The van der Waals surface area contributed by atoms with Crippen LogP contribution < -0.4 is 10.6 Å². The first-order valence-corrected chi connectivity index (χ1v) is 12.9. The number of likely N-dealkylation sites (tertiary alicyclic amines) is 1. The first-order chi connectivity index (χ1) is 16.4. The number of anilines is 1. The van der Waals surface area contributed by atoms with Gasteiger partial charge in [0.25, 0.3) is 0 Å². The number of unbranched alkanes of at least 4 members (excludes halogenated alkanes) is 4. The van der Waals surface area contributed by atoms with Crippen molar-refractivity contribution in [1.82, 2.24) is 10.2 Å². The molecule has 2 heterocycles. The van der Waals surface area contributed by atoms with Crippen molar-refractivity contribution >= 4 is 23.0 Å². The SMILES string of the molecule is CCCCCCC[C@H]1Nc2ccc(C(F)(F)F)cc2[C@@H]2[C@H]1CCN2C(=S)NCc1ccccc1. The minimum atomic E-state index is -4.36. The largest absolute Gasteiger partial charge is 0.416 e. The van der Waals surface area contributed by atoms with E-state index in [1.165, 1.54) is 37.8 Å². The Bertz CT molecular complexity index is 963. The second kappa shape index (κ2) is 11.0. The summed E-state index contributed by atoms with van der Waals surface area (Å²) < 4.78 is 40.6. The van der Waals surface area contributed by atoms with Crippen molar-refractivity contribution in [2.24, 2.45) is 5.92 Å². The van der Waals surface area contributed by atoms with Crippen molar-refractivity contribution in [2.45, 2.75) is 76.7 Å². The summed E-state index contributed by atoms with van der Waals surface area (Å²) in [5, 5.41) is 7.56. The topological polar surface area (TPSA) is 27.3 Å². The van der Waals surface area contributed by atoms with Gasteiger partial charge in [0, 0.05) is 30.7 Å². The molecule has 0 bridgehead atoms. The Kier molecular flexibility index (Phi) is 8.02. The van der Waals surface area contributed by atoms with Crippen LogP contribution in [0, 0.1) is 5.92 Å². The molecule has 0 saturated carbocycles. The second-order valence-corrected chi connectivity index (χ2v) is 9.88. The van der Waals surface area contributed by atoms with Crippen molar-refractivity contribution in [3.63, 3.8) is 0 Å². The van der Waals surface area contributed by atoms with Gasteiger partial charge in [-0.2, -0.15) is 13.2 Å². The van der Waals surface area contributed by atoms with Crippen LogP contribution in [0.1, 0.15) is 74.6 Å². The molecule has 184 valence electrons. The summed E-state index contributed by atoms with van der Waals surface area (Å²) in [5.41, 5.74) is 2.05. The van der Waals surface area contributed by atoms with Gasteiger partial charge in [-0.1, -0.05) is 69.4 Å². The molecule has 4 rings (SSSR count). The Morgan fingerprint density at radius 3 is 2.59 bits per heavy atom. The number of alkyl halides is 3. The lowest BCUT2D eigenvalue weighted by atomic mass is 9.80. The van der Waals surface area contributed by atoms with Gasteiger partial charge in [-0.25, -0.2) is 0 Å². The number of halogens is 3. The molecule has 3 nitrogen and oxygen atoms in total. The normalized spacial score (nSPS) is 21.5. The molecule has 34 heavy (non-hydrogen) atoms. The minimum Gasteiger partial charge on any atom is -0.382 e. The molecule has 1 saturated heterocycles. The predicted octanol–water partition coefficient (Wildman–Crippen LogP) is 7.30. The number of hydrogen-bond acceptors (Lipinski definition) is 2. The van der Waals surface area contributed by atoms with Crippen LogP contribution in [0.25, 0.3) is 0 Å². The zero-order valence-electron chi connectivity index (χ0n) is 19.7. The third-order valence-corrected chi connectivity index (χ3v) is 7.54. The highest BCUT2D eigenvalue weighted by molar-refractivity contribution is 7.80. The maximum Gasteiger partial charge on any atom is 0.416 e. The van der Waals surface area contributed by atoms with Crippen molar-refractivity contribution in [1.29, 1.82) is 0 Å². The van der Waals surface area contributed by atoms with E-state index in [1.807, 2.05) is 30.3 Å². The van der Waals surface area contributed by atoms with Crippen LogP contribution in [0.3, 0.4) is 0 Å². The fourth-order valence-corrected chi connectivity index (χ4v) is 5.69. The number of nitrogens with one attached hydrogen (secondary N) is 2. The number of nitrogens with zero attached hydrogens (tertiary/aromatic N) is 1. The van der Waals surface area contributed by atoms with Crippen LogP contribution in [-0.2, 0) is 12.7 Å². The first kappa shape index (κ1) is 24.8. The van der Waals surface area contributed by atoms with Gasteiger partial charge in [0.1, 0.15) is 0 Å². The minimum absolute atomic E-state index is 0.144. The quantitative estimate of drug-likeness (QED) is 0.301. The average Bonchev–Trinajstić information content (AvgIpc) is 3.28. The fourth-order valence-electron chi connectivity index (χ4n) is 5.41. The summed E-state index contributed by atoms with van der Waals surface area (Å²) in [6.07, 6.45) is 3.62. The monoisotopic (exact) mass is 489 g/mol. The lowest BCUT2D eigenvalue weighted by Crippen LogP contribution is -2.44. The van der Waals surface area contributed by atoms with E-state index in [-0.39, 0.29) is 18.0 Å². The molecule has 2 aliphatic rings. The Hall–Kier alpha value is -2.28. The second-order valence-electron chi connectivity index (χ2n) is 9.49. The average molecular weight is 490 g/mol. The van der Waals surface area contributed by atoms with Gasteiger partial charge in [-0.05, 0) is 54.4 Å². The van der Waals surface area contributed by atoms with Gasteiger partial charge in [-0.3, -0.25) is 0 Å². The number of benzene rings is 2. The molecule has 3 atom stereocenters. The zero-order valence-corrected chi connectivity index (χ0v) is 20.5. The third kappa shape index (κ3) is 5.68. The summed E-state index contributed by atoms with van der Waals surface area (Å²) in [7, 11) is 0. The van der Waals surface area contributed by atoms with E-state index in [0.717, 1.165) is 37.1 Å². The van der Waals surface area contributed by atoms with E-state index in [0.29, 0.717) is 17.2 Å². The van der Waals surface area contributed by atoms with Crippen LogP contribution in [-0.4, -0.2) is 22.6 Å². The van der Waals surface area contributed by atoms with E-state index in [2.05, 4.69) is 22.5 Å². The summed E-state index contributed by atoms with van der Waals surface area (Å²) in [6, 6.07) is 14.2. The van der Waals surface area contributed by atoms with E-state index >= 15 is 0 Å². The van der Waals surface area contributed by atoms with Gasteiger partial charge < -0.3 is 15.5 Å². The highest BCUT2D eigenvalue weighted by atomic mass is 32.1. The lowest BCUT2D eigenvalue weighted by molar-refractivity contribution is -0.137. The van der Waals surface area contributed by atoms with Crippen LogP contribution in [0.2, 0.25) is 0 Å². The van der Waals surface area contributed by atoms with Crippen molar-refractivity contribution in [2.75, 3.05) is 11.9 Å². The Labute approximate surface area is 206 Å². The Morgan fingerprint density at radius 1 is 1.09 bits per heavy atom. The molecule has 2 aliphatic heterocycles. The molecule has 2 aromatic carbocycles. The first-order valence-electron chi connectivity index (χ1n) is 12.4. The smallest absolute Gasteiger partial charge is 0.382 e. The summed E-state index contributed by atoms with van der Waals surface area (Å²) >= 11 is 5.76. The van der Waals surface area contributed by atoms with E-state index in [9.17, 15) is 13.2 Å². The van der Waals surface area contributed by atoms with Crippen LogP contribution >= 0.6 is 12.2 Å². The van der Waals surface area contributed by atoms with Gasteiger partial charge in [0.15, 0.2) is 5.11 Å². The molecule has 0 spiro atoms. The molecular formula is C27H34F3N3S. The molecule has 2 N–H and O–H groups in total. The fraction of sp³-hybridized carbons (Fsp3) is 0.519. The molecule has 0 aliphatic carbocycles. The molecule has 0 aromatic heterocycles. The molecule has 2 aromatic rings. The van der Waals surface area contributed by atoms with Gasteiger partial charge in [-0.15, -0.1) is 0 Å². The van der Waals surface area contributed by atoms with Crippen LogP contribution in [0.15, 0.2) is 48.5 Å². The van der Waals surface area contributed by atoms with E-state index < -0.39 is 11.7 Å². The van der Waals surface area contributed by atoms with Crippen molar-refractivity contribution in [3.8, 4) is 0 Å². The number of rotatable bonds is 8. The number of thiocarbonyl (C=S) groups is 1. The summed E-state index contributed by atoms with van der Waals surface area (Å²) in [4.78, 5) is 2.12. The van der Waals surface area contributed by atoms with Crippen LogP contribution in [0.5, 0.6) is 0 Å². The third-order valence-electron chi connectivity index (χ3n) is 7.17. The Morgan fingerprint density at radius 2 is 1.85 bits per heavy atom. The van der Waals surface area contributed by atoms with Crippen molar-refractivity contribution in [3.05, 3.63) is 65.2 Å². The number of hydrogen-bond donors (Lipinski definition) is 2. The summed E-state index contributed by atoms with van der Waals surface area (Å²) in [6.45, 7) is 3.56. The highest BCUT2D eigenvalue weighted by Crippen LogP contribution is 2.48. The molecular weight excluding hydrogens is 455 g/mol. The maximum atomic E-state index is 13.5. The maximum absolute atomic E-state index is 13.5. The van der Waals surface area contributed by atoms with Crippen LogP contribution in [0.4, 0.5) is 18.9 Å². The van der Waals surface area contributed by atoms with Gasteiger partial charge in [0.05, 0.1) is 11.6 Å². The molecule has 0 radical (unpaired) electrons. The Balaban J connectivity index is 1.55. The highest BCUT2D eigenvalue weighted by Gasteiger charge is 2.45. The van der Waals surface area contributed by atoms with E-state index in [4.69, 9.17) is 12.2 Å². The predicted molar refractivity (Wildman–Crippen MR) is 136 cm³/mol. The number of fused-ring (bicyclic) bond motifs is 3. The molecule has 0 unspecified atom stereocenters. The van der Waals surface area contributed by atoms with Gasteiger partial charge >= 0.3 is 6.18 Å². The molecule has 0 amide bonds.